The molecule has 0 spiro atoms. The van der Waals surface area contributed by atoms with Gasteiger partial charge in [0.2, 0.25) is 0 Å². The minimum atomic E-state index is 0.714. The minimum Gasteiger partial charge on any atom is -0.351 e. The van der Waals surface area contributed by atoms with Crippen LogP contribution in [-0.4, -0.2) is 16.3 Å². The molecule has 21 heavy (non-hydrogen) atoms. The van der Waals surface area contributed by atoms with Crippen molar-refractivity contribution in [2.75, 3.05) is 5.32 Å². The van der Waals surface area contributed by atoms with Crippen LogP contribution in [0.2, 0.25) is 5.02 Å². The van der Waals surface area contributed by atoms with Gasteiger partial charge in [0.05, 0.1) is 24.0 Å². The second-order valence-electron chi connectivity index (χ2n) is 4.41. The first-order chi connectivity index (χ1) is 10.3. The summed E-state index contributed by atoms with van der Waals surface area (Å²) in [4.78, 5) is 11.5. The molecule has 0 bridgehead atoms. The molecule has 0 atom stereocenters. The normalized spacial score (nSPS) is 10.9. The van der Waals surface area contributed by atoms with Gasteiger partial charge in [0.15, 0.2) is 0 Å². The minimum absolute atomic E-state index is 0.714. The van der Waals surface area contributed by atoms with Crippen molar-refractivity contribution in [3.8, 4) is 11.3 Å². The van der Waals surface area contributed by atoms with E-state index in [0.717, 1.165) is 22.6 Å². The van der Waals surface area contributed by atoms with Gasteiger partial charge < -0.3 is 10.3 Å². The lowest BCUT2D eigenvalue weighted by Crippen LogP contribution is -1.93. The molecule has 2 aromatic carbocycles. The molecule has 0 aliphatic rings. The van der Waals surface area contributed by atoms with E-state index in [1.165, 1.54) is 0 Å². The third-order valence-electron chi connectivity index (χ3n) is 2.95. The van der Waals surface area contributed by atoms with Gasteiger partial charge in [0, 0.05) is 22.5 Å². The molecule has 1 heterocycles. The van der Waals surface area contributed by atoms with E-state index in [4.69, 9.17) is 11.6 Å². The van der Waals surface area contributed by atoms with Crippen molar-refractivity contribution in [2.45, 2.75) is 0 Å². The van der Waals surface area contributed by atoms with Crippen molar-refractivity contribution >= 4 is 29.3 Å². The summed E-state index contributed by atoms with van der Waals surface area (Å²) in [6.07, 6.45) is 5.19. The standard InChI is InChI=1S/C16H13ClN4/c17-13-3-7-15(8-4-13)20-11-19-14-5-1-12(2-6-14)16-9-18-10-21-16/h1-11H,(H,18,21)(H,19,20). The monoisotopic (exact) mass is 296 g/mol. The molecule has 0 radical (unpaired) electrons. The van der Waals surface area contributed by atoms with Crippen molar-refractivity contribution in [2.24, 2.45) is 4.99 Å². The second-order valence-corrected chi connectivity index (χ2v) is 4.85. The molecule has 0 saturated carbocycles. The number of nitrogens with zero attached hydrogens (tertiary/aromatic N) is 2. The van der Waals surface area contributed by atoms with Gasteiger partial charge in [-0.3, -0.25) is 0 Å². The summed E-state index contributed by atoms with van der Waals surface area (Å²) in [6, 6.07) is 15.3. The van der Waals surface area contributed by atoms with Gasteiger partial charge in [-0.05, 0) is 36.4 Å². The first kappa shape index (κ1) is 13.4. The van der Waals surface area contributed by atoms with E-state index in [0.29, 0.717) is 5.02 Å². The maximum atomic E-state index is 5.83. The van der Waals surface area contributed by atoms with E-state index in [-0.39, 0.29) is 0 Å². The Labute approximate surface area is 127 Å². The summed E-state index contributed by atoms with van der Waals surface area (Å²) in [7, 11) is 0. The number of hydrogen-bond acceptors (Lipinski definition) is 2. The van der Waals surface area contributed by atoms with Crippen LogP contribution >= 0.6 is 11.6 Å². The first-order valence-electron chi connectivity index (χ1n) is 6.45. The topological polar surface area (TPSA) is 53.1 Å². The van der Waals surface area contributed by atoms with E-state index >= 15 is 0 Å². The predicted octanol–water partition coefficient (Wildman–Crippen LogP) is 4.50. The van der Waals surface area contributed by atoms with E-state index in [2.05, 4.69) is 20.3 Å². The number of hydrogen-bond donors (Lipinski definition) is 2. The Morgan fingerprint density at radius 1 is 1.05 bits per heavy atom. The highest BCUT2D eigenvalue weighted by Crippen LogP contribution is 2.20. The van der Waals surface area contributed by atoms with Crippen LogP contribution in [0.25, 0.3) is 11.3 Å². The Bertz CT molecular complexity index is 716. The van der Waals surface area contributed by atoms with Crippen molar-refractivity contribution < 1.29 is 0 Å². The van der Waals surface area contributed by atoms with Crippen molar-refractivity contribution in [1.29, 1.82) is 0 Å². The second kappa shape index (κ2) is 6.24. The largest absolute Gasteiger partial charge is 0.351 e. The Kier molecular flexibility index (Phi) is 3.98. The summed E-state index contributed by atoms with van der Waals surface area (Å²) in [5, 5.41) is 3.81. The summed E-state index contributed by atoms with van der Waals surface area (Å²) in [5.74, 6) is 0. The molecule has 0 unspecified atom stereocenters. The zero-order valence-electron chi connectivity index (χ0n) is 11.1. The molecule has 3 aromatic rings. The number of imidazole rings is 1. The molecule has 104 valence electrons. The van der Waals surface area contributed by atoms with Gasteiger partial charge in [-0.15, -0.1) is 0 Å². The van der Waals surface area contributed by atoms with Gasteiger partial charge in [-0.25, -0.2) is 9.98 Å². The highest BCUT2D eigenvalue weighted by molar-refractivity contribution is 6.30. The van der Waals surface area contributed by atoms with Crippen molar-refractivity contribution in [3.63, 3.8) is 0 Å². The molecule has 3 rings (SSSR count). The summed E-state index contributed by atoms with van der Waals surface area (Å²) in [5.41, 5.74) is 3.79. The number of aromatic nitrogens is 2. The van der Waals surface area contributed by atoms with Gasteiger partial charge in [0.25, 0.3) is 0 Å². The average molecular weight is 297 g/mol. The first-order valence-corrected chi connectivity index (χ1v) is 6.83. The number of aliphatic imine (C=N–C) groups is 1. The third kappa shape index (κ3) is 3.49. The maximum Gasteiger partial charge on any atom is 0.0930 e. The van der Waals surface area contributed by atoms with Crippen LogP contribution in [0.4, 0.5) is 11.4 Å². The lowest BCUT2D eigenvalue weighted by atomic mass is 10.1. The number of rotatable bonds is 4. The van der Waals surface area contributed by atoms with Crippen LogP contribution < -0.4 is 5.32 Å². The quantitative estimate of drug-likeness (QED) is 0.550. The molecule has 2 N–H and O–H groups in total. The molecule has 5 heteroatoms. The van der Waals surface area contributed by atoms with Gasteiger partial charge in [-0.2, -0.15) is 0 Å². The van der Waals surface area contributed by atoms with Crippen LogP contribution in [0.15, 0.2) is 66.0 Å². The number of halogens is 1. The maximum absolute atomic E-state index is 5.83. The molecular formula is C16H13ClN4. The van der Waals surface area contributed by atoms with E-state index in [9.17, 15) is 0 Å². The molecule has 0 amide bonds. The van der Waals surface area contributed by atoms with Gasteiger partial charge in [-0.1, -0.05) is 23.7 Å². The smallest absolute Gasteiger partial charge is 0.0930 e. The highest BCUT2D eigenvalue weighted by Gasteiger charge is 1.98. The lowest BCUT2D eigenvalue weighted by Gasteiger charge is -2.00. The zero-order valence-corrected chi connectivity index (χ0v) is 11.9. The van der Waals surface area contributed by atoms with Crippen LogP contribution in [-0.2, 0) is 0 Å². The van der Waals surface area contributed by atoms with E-state index in [1.807, 2.05) is 54.7 Å². The van der Waals surface area contributed by atoms with Gasteiger partial charge in [0.1, 0.15) is 0 Å². The number of aromatic amines is 1. The fraction of sp³-hybridized carbons (Fsp3) is 0. The fourth-order valence-corrected chi connectivity index (χ4v) is 1.99. The number of anilines is 1. The third-order valence-corrected chi connectivity index (χ3v) is 3.20. The summed E-state index contributed by atoms with van der Waals surface area (Å²) in [6.45, 7) is 0. The number of nitrogens with one attached hydrogen (secondary N) is 2. The van der Waals surface area contributed by atoms with Crippen molar-refractivity contribution in [1.82, 2.24) is 9.97 Å². The fourth-order valence-electron chi connectivity index (χ4n) is 1.86. The van der Waals surface area contributed by atoms with Crippen LogP contribution in [0.5, 0.6) is 0 Å². The highest BCUT2D eigenvalue weighted by atomic mass is 35.5. The molecule has 1 aromatic heterocycles. The van der Waals surface area contributed by atoms with Crippen molar-refractivity contribution in [3.05, 3.63) is 66.1 Å². The SMILES string of the molecule is Clc1ccc(NC=Nc2ccc(-c3c[nH]cn3)cc2)cc1. The lowest BCUT2D eigenvalue weighted by molar-refractivity contribution is 1.31. The summed E-state index contributed by atoms with van der Waals surface area (Å²) < 4.78 is 0. The molecule has 0 fully saturated rings. The molecule has 0 aliphatic heterocycles. The molecular weight excluding hydrogens is 284 g/mol. The Morgan fingerprint density at radius 3 is 2.48 bits per heavy atom. The van der Waals surface area contributed by atoms with E-state index < -0.39 is 0 Å². The molecule has 4 nitrogen and oxygen atoms in total. The van der Waals surface area contributed by atoms with Crippen LogP contribution in [0.3, 0.4) is 0 Å². The molecule has 0 saturated heterocycles. The zero-order chi connectivity index (χ0) is 14.5. The number of benzene rings is 2. The van der Waals surface area contributed by atoms with Gasteiger partial charge >= 0.3 is 0 Å². The summed E-state index contributed by atoms with van der Waals surface area (Å²) >= 11 is 5.83. The molecule has 0 aliphatic carbocycles. The number of H-pyrrole nitrogens is 1. The Morgan fingerprint density at radius 2 is 1.81 bits per heavy atom. The van der Waals surface area contributed by atoms with Crippen LogP contribution in [0.1, 0.15) is 0 Å². The van der Waals surface area contributed by atoms with Crippen LogP contribution in [0, 0.1) is 0 Å². The average Bonchev–Trinajstić information content (AvgIpc) is 3.04. The Hall–Kier alpha value is -2.59. The predicted molar refractivity (Wildman–Crippen MR) is 87.3 cm³/mol. The Balaban J connectivity index is 1.65. The van der Waals surface area contributed by atoms with E-state index in [1.54, 1.807) is 12.7 Å².